The Balaban J connectivity index is 1.91. The number of carbonyl (C=O) groups excluding carboxylic acids is 2. The largest absolute Gasteiger partial charge is 0.299 e. The second-order valence-electron chi connectivity index (χ2n) is 8.21. The van der Waals surface area contributed by atoms with Gasteiger partial charge >= 0.3 is 0 Å². The zero-order valence-electron chi connectivity index (χ0n) is 14.5. The fourth-order valence-electron chi connectivity index (χ4n) is 5.79. The Kier molecular flexibility index (Phi) is 3.29. The summed E-state index contributed by atoms with van der Waals surface area (Å²) in [6, 6.07) is 0. The Morgan fingerprint density at radius 3 is 2.88 bits per heavy atom. The van der Waals surface area contributed by atoms with Gasteiger partial charge < -0.3 is 0 Å². The molecule has 2 nitrogen and oxygen atoms in total. The quantitative estimate of drug-likeness (QED) is 0.536. The van der Waals surface area contributed by atoms with Crippen LogP contribution < -0.4 is 0 Å². The maximum atomic E-state index is 12.5. The van der Waals surface area contributed by atoms with Gasteiger partial charge in [0.2, 0.25) is 0 Å². The van der Waals surface area contributed by atoms with Crippen molar-refractivity contribution in [2.75, 3.05) is 0 Å². The fraction of sp³-hybridized carbons (Fsp3) is 0.545. The molecule has 0 amide bonds. The SMILES string of the molecule is C#CC[C@]12CCC(=O)C=C1C(C)=CC1C2=CCC2(C)C(=O)CCC12. The lowest BCUT2D eigenvalue weighted by atomic mass is 9.51. The summed E-state index contributed by atoms with van der Waals surface area (Å²) in [6.45, 7) is 4.25. The van der Waals surface area contributed by atoms with Crippen molar-refractivity contribution >= 4 is 11.6 Å². The summed E-state index contributed by atoms with van der Waals surface area (Å²) in [6.07, 6.45) is 16.7. The molecule has 124 valence electrons. The predicted octanol–water partition coefficient (Wildman–Crippen LogP) is 4.18. The molecule has 1 saturated carbocycles. The summed E-state index contributed by atoms with van der Waals surface area (Å²) in [7, 11) is 0. The minimum Gasteiger partial charge on any atom is -0.299 e. The maximum Gasteiger partial charge on any atom is 0.156 e. The molecule has 0 aromatic heterocycles. The average Bonchev–Trinajstić information content (AvgIpc) is 2.85. The predicted molar refractivity (Wildman–Crippen MR) is 94.0 cm³/mol. The van der Waals surface area contributed by atoms with E-state index in [1.54, 1.807) is 0 Å². The summed E-state index contributed by atoms with van der Waals surface area (Å²) in [4.78, 5) is 24.5. The molecule has 0 bridgehead atoms. The highest BCUT2D eigenvalue weighted by Crippen LogP contribution is 2.62. The van der Waals surface area contributed by atoms with Gasteiger partial charge in [0.05, 0.1) is 0 Å². The van der Waals surface area contributed by atoms with Gasteiger partial charge in [0, 0.05) is 36.0 Å². The van der Waals surface area contributed by atoms with Crippen LogP contribution in [0.3, 0.4) is 0 Å². The van der Waals surface area contributed by atoms with Crippen molar-refractivity contribution in [3.8, 4) is 12.3 Å². The van der Waals surface area contributed by atoms with Crippen LogP contribution >= 0.6 is 0 Å². The van der Waals surface area contributed by atoms with Crippen LogP contribution in [0.25, 0.3) is 0 Å². The standard InChI is InChI=1S/C22H24O2/c1-4-9-22-11-7-15(23)13-19(22)14(2)12-16-17-5-6-20(24)21(17,3)10-8-18(16)22/h1,8,12-13,16-17H,5-7,9-11H2,2-3H3/t16?,17?,21?,22-/m1/s1. The normalized spacial score (nSPS) is 40.6. The van der Waals surface area contributed by atoms with E-state index in [0.29, 0.717) is 36.9 Å². The van der Waals surface area contributed by atoms with Crippen LogP contribution in [0.1, 0.15) is 52.4 Å². The number of Topliss-reactive ketones (excluding diaryl/α,β-unsaturated/α-hetero) is 1. The van der Waals surface area contributed by atoms with Crippen molar-refractivity contribution in [1.82, 2.24) is 0 Å². The number of hydrogen-bond donors (Lipinski definition) is 0. The summed E-state index contributed by atoms with van der Waals surface area (Å²) < 4.78 is 0. The van der Waals surface area contributed by atoms with Crippen LogP contribution in [0, 0.1) is 35.0 Å². The van der Waals surface area contributed by atoms with E-state index in [9.17, 15) is 9.59 Å². The first-order chi connectivity index (χ1) is 11.4. The molecule has 0 heterocycles. The second-order valence-corrected chi connectivity index (χ2v) is 8.21. The number of fused-ring (bicyclic) bond motifs is 5. The smallest absolute Gasteiger partial charge is 0.156 e. The highest BCUT2D eigenvalue weighted by atomic mass is 16.1. The molecule has 24 heavy (non-hydrogen) atoms. The molecule has 0 aliphatic heterocycles. The molecular formula is C22H24O2. The first-order valence-corrected chi connectivity index (χ1v) is 9.03. The summed E-state index contributed by atoms with van der Waals surface area (Å²) in [5.74, 6) is 4.20. The number of allylic oxidation sites excluding steroid dienone is 6. The number of carbonyl (C=O) groups is 2. The molecule has 2 heteroatoms. The molecule has 4 aliphatic carbocycles. The Morgan fingerprint density at radius 1 is 1.33 bits per heavy atom. The highest BCUT2D eigenvalue weighted by Gasteiger charge is 2.56. The lowest BCUT2D eigenvalue weighted by Crippen LogP contribution is -2.44. The molecule has 0 N–H and O–H groups in total. The van der Waals surface area contributed by atoms with Crippen LogP contribution in [0.2, 0.25) is 0 Å². The van der Waals surface area contributed by atoms with Crippen LogP contribution in [0.4, 0.5) is 0 Å². The van der Waals surface area contributed by atoms with Crippen molar-refractivity contribution in [1.29, 1.82) is 0 Å². The van der Waals surface area contributed by atoms with Crippen LogP contribution in [-0.2, 0) is 9.59 Å². The molecular weight excluding hydrogens is 296 g/mol. The Hall–Kier alpha value is -1.88. The van der Waals surface area contributed by atoms with E-state index >= 15 is 0 Å². The van der Waals surface area contributed by atoms with Gasteiger partial charge in [-0.3, -0.25) is 9.59 Å². The minimum absolute atomic E-state index is 0.181. The monoisotopic (exact) mass is 320 g/mol. The molecule has 0 aromatic carbocycles. The van der Waals surface area contributed by atoms with Crippen molar-refractivity contribution in [3.05, 3.63) is 34.9 Å². The zero-order chi connectivity index (χ0) is 17.1. The van der Waals surface area contributed by atoms with Gasteiger partial charge in [-0.25, -0.2) is 0 Å². The Bertz CT molecular complexity index is 772. The number of rotatable bonds is 1. The van der Waals surface area contributed by atoms with Gasteiger partial charge in [0.25, 0.3) is 0 Å². The van der Waals surface area contributed by atoms with E-state index in [4.69, 9.17) is 6.42 Å². The lowest BCUT2D eigenvalue weighted by molar-refractivity contribution is -0.126. The van der Waals surface area contributed by atoms with E-state index in [-0.39, 0.29) is 16.6 Å². The van der Waals surface area contributed by atoms with E-state index in [0.717, 1.165) is 24.8 Å². The van der Waals surface area contributed by atoms with E-state index in [2.05, 4.69) is 31.9 Å². The van der Waals surface area contributed by atoms with E-state index in [1.807, 2.05) is 6.08 Å². The van der Waals surface area contributed by atoms with Gasteiger partial charge in [-0.2, -0.15) is 0 Å². The zero-order valence-corrected chi connectivity index (χ0v) is 14.5. The minimum atomic E-state index is -0.214. The van der Waals surface area contributed by atoms with E-state index < -0.39 is 0 Å². The van der Waals surface area contributed by atoms with Gasteiger partial charge in [-0.05, 0) is 43.8 Å². The van der Waals surface area contributed by atoms with Crippen molar-refractivity contribution in [3.63, 3.8) is 0 Å². The Morgan fingerprint density at radius 2 is 2.12 bits per heavy atom. The molecule has 4 rings (SSSR count). The topological polar surface area (TPSA) is 34.1 Å². The summed E-state index contributed by atoms with van der Waals surface area (Å²) >= 11 is 0. The lowest BCUT2D eigenvalue weighted by Gasteiger charge is -2.51. The third-order valence-electron chi connectivity index (χ3n) is 7.11. The number of terminal acetylenes is 1. The molecule has 1 fully saturated rings. The summed E-state index contributed by atoms with van der Waals surface area (Å²) in [5, 5.41) is 0. The van der Waals surface area contributed by atoms with E-state index in [1.165, 1.54) is 11.1 Å². The number of ketones is 2. The third kappa shape index (κ3) is 1.85. The molecule has 0 spiro atoms. The third-order valence-corrected chi connectivity index (χ3v) is 7.11. The van der Waals surface area contributed by atoms with Gasteiger partial charge in [0.15, 0.2) is 5.78 Å². The molecule has 0 aromatic rings. The van der Waals surface area contributed by atoms with Gasteiger partial charge in [-0.15, -0.1) is 12.3 Å². The summed E-state index contributed by atoms with van der Waals surface area (Å²) in [5.41, 5.74) is 3.31. The fourth-order valence-corrected chi connectivity index (χ4v) is 5.79. The Labute approximate surface area is 144 Å². The number of hydrogen-bond acceptors (Lipinski definition) is 2. The highest BCUT2D eigenvalue weighted by molar-refractivity contribution is 5.93. The maximum absolute atomic E-state index is 12.5. The van der Waals surface area contributed by atoms with Crippen molar-refractivity contribution in [2.24, 2.45) is 22.7 Å². The van der Waals surface area contributed by atoms with Crippen LogP contribution in [0.15, 0.2) is 34.9 Å². The molecule has 4 aliphatic rings. The van der Waals surface area contributed by atoms with Crippen molar-refractivity contribution in [2.45, 2.75) is 52.4 Å². The second kappa shape index (κ2) is 5.06. The molecule has 0 saturated heterocycles. The van der Waals surface area contributed by atoms with Gasteiger partial charge in [-0.1, -0.05) is 30.2 Å². The molecule has 4 atom stereocenters. The van der Waals surface area contributed by atoms with Crippen LogP contribution in [0.5, 0.6) is 0 Å². The van der Waals surface area contributed by atoms with Crippen molar-refractivity contribution < 1.29 is 9.59 Å². The van der Waals surface area contributed by atoms with Gasteiger partial charge in [0.1, 0.15) is 5.78 Å². The average molecular weight is 320 g/mol. The first kappa shape index (κ1) is 15.6. The molecule has 0 radical (unpaired) electrons. The molecule has 3 unspecified atom stereocenters. The first-order valence-electron chi connectivity index (χ1n) is 9.03. The van der Waals surface area contributed by atoms with Crippen LogP contribution in [-0.4, -0.2) is 11.6 Å².